The fourth-order valence-electron chi connectivity index (χ4n) is 2.71. The third-order valence-electron chi connectivity index (χ3n) is 4.00. The molecule has 0 unspecified atom stereocenters. The van der Waals surface area contributed by atoms with Crippen LogP contribution in [0.25, 0.3) is 16.9 Å². The molecule has 4 rings (SSSR count). The molecule has 12 heteroatoms. The van der Waals surface area contributed by atoms with E-state index in [9.17, 15) is 19.5 Å². The molecule has 4 aromatic rings. The van der Waals surface area contributed by atoms with E-state index < -0.39 is 23.6 Å². The molecule has 0 spiro atoms. The van der Waals surface area contributed by atoms with Gasteiger partial charge in [0.1, 0.15) is 11.2 Å². The number of hydrogen-bond acceptors (Lipinski definition) is 8. The lowest BCUT2D eigenvalue weighted by molar-refractivity contribution is 0.0686. The minimum atomic E-state index is -1.38. The van der Waals surface area contributed by atoms with Crippen LogP contribution in [0.1, 0.15) is 43.1 Å². The molecule has 0 aliphatic rings. The number of carboxylic acid groups (broad SMARTS) is 1. The highest BCUT2D eigenvalue weighted by molar-refractivity contribution is 5.96. The number of nitrogens with two attached hydrogens (primary N) is 1. The van der Waals surface area contributed by atoms with Crippen LogP contribution in [0.15, 0.2) is 28.7 Å². The summed E-state index contributed by atoms with van der Waals surface area (Å²) >= 11 is 0. The second kappa shape index (κ2) is 6.67. The number of benzene rings is 1. The minimum Gasteiger partial charge on any atom is -0.477 e. The summed E-state index contributed by atoms with van der Waals surface area (Å²) in [7, 11) is 0. The number of aromatic carboxylic acids is 1. The molecular formula is C17H13N7O5. The van der Waals surface area contributed by atoms with Gasteiger partial charge in [0.25, 0.3) is 17.6 Å². The molecule has 29 heavy (non-hydrogen) atoms. The first kappa shape index (κ1) is 18.0. The zero-order valence-electron chi connectivity index (χ0n) is 14.9. The maximum absolute atomic E-state index is 12.5. The largest absolute Gasteiger partial charge is 0.477 e. The van der Waals surface area contributed by atoms with Crippen LogP contribution in [-0.2, 0) is 6.54 Å². The summed E-state index contributed by atoms with van der Waals surface area (Å²) in [5, 5.41) is 15.7. The summed E-state index contributed by atoms with van der Waals surface area (Å²) in [6.45, 7) is 1.88. The fourth-order valence-corrected chi connectivity index (χ4v) is 2.71. The van der Waals surface area contributed by atoms with Crippen LogP contribution in [-0.4, -0.2) is 47.5 Å². The molecule has 0 saturated heterocycles. The fraction of sp³-hybridized carbons (Fsp3) is 0.118. The number of nitrogens with zero attached hydrogens (tertiary/aromatic N) is 5. The van der Waals surface area contributed by atoms with E-state index in [-0.39, 0.29) is 23.7 Å². The molecule has 0 aliphatic carbocycles. The van der Waals surface area contributed by atoms with Crippen molar-refractivity contribution in [2.45, 2.75) is 13.5 Å². The maximum Gasteiger partial charge on any atom is 0.354 e. The van der Waals surface area contributed by atoms with Crippen molar-refractivity contribution in [1.82, 2.24) is 29.9 Å². The van der Waals surface area contributed by atoms with Crippen LogP contribution < -0.4 is 11.1 Å². The van der Waals surface area contributed by atoms with E-state index in [0.29, 0.717) is 17.0 Å². The van der Waals surface area contributed by atoms with Gasteiger partial charge < -0.3 is 20.6 Å². The summed E-state index contributed by atoms with van der Waals surface area (Å²) in [5.74, 6) is -3.06. The lowest BCUT2D eigenvalue weighted by Gasteiger charge is -2.06. The number of amides is 2. The van der Waals surface area contributed by atoms with Crippen molar-refractivity contribution in [2.24, 2.45) is 5.73 Å². The Bertz CT molecular complexity index is 1310. The highest BCUT2D eigenvalue weighted by atomic mass is 16.4. The molecule has 12 nitrogen and oxygen atoms in total. The number of fused-ring (bicyclic) bond motifs is 2. The normalized spacial score (nSPS) is 11.1. The summed E-state index contributed by atoms with van der Waals surface area (Å²) in [6.07, 6.45) is 0. The number of primary amides is 1. The summed E-state index contributed by atoms with van der Waals surface area (Å²) in [4.78, 5) is 47.2. The first-order chi connectivity index (χ1) is 13.8. The van der Waals surface area contributed by atoms with Gasteiger partial charge in [0.15, 0.2) is 17.2 Å². The second-order valence-electron chi connectivity index (χ2n) is 6.06. The molecule has 3 heterocycles. The Morgan fingerprint density at radius 1 is 1.21 bits per heavy atom. The van der Waals surface area contributed by atoms with Crippen molar-refractivity contribution in [3.05, 3.63) is 52.9 Å². The van der Waals surface area contributed by atoms with Gasteiger partial charge in [0, 0.05) is 19.5 Å². The Labute approximate surface area is 161 Å². The number of hydrogen-bond donors (Lipinski definition) is 3. The van der Waals surface area contributed by atoms with Crippen LogP contribution in [0.5, 0.6) is 0 Å². The second-order valence-corrected chi connectivity index (χ2v) is 6.06. The van der Waals surface area contributed by atoms with E-state index in [1.807, 2.05) is 0 Å². The van der Waals surface area contributed by atoms with Crippen molar-refractivity contribution < 1.29 is 23.9 Å². The van der Waals surface area contributed by atoms with Gasteiger partial charge >= 0.3 is 5.97 Å². The first-order valence-corrected chi connectivity index (χ1v) is 8.27. The highest BCUT2D eigenvalue weighted by Crippen LogP contribution is 2.17. The molecule has 0 fully saturated rings. The van der Waals surface area contributed by atoms with E-state index >= 15 is 0 Å². The van der Waals surface area contributed by atoms with Gasteiger partial charge in [-0.3, -0.25) is 9.59 Å². The zero-order valence-corrected chi connectivity index (χ0v) is 14.9. The predicted octanol–water partition coefficient (Wildman–Crippen LogP) is 0.301. The monoisotopic (exact) mass is 395 g/mol. The Hall–Kier alpha value is -4.35. The standard InChI is InChI=1S/C17H13N7O5/c1-7-20-9-4-8(2-3-12(9)29-7)6-19-15(26)10-5-11(16(27)28)24-17(21-10)22-14(23-24)13(18)25/h2-5H,6H2,1H3,(H2,18,25)(H,19,26)(H,27,28). The number of aryl methyl sites for hydroxylation is 1. The van der Waals surface area contributed by atoms with Crippen molar-refractivity contribution in [3.8, 4) is 0 Å². The Balaban J connectivity index is 1.61. The summed E-state index contributed by atoms with van der Waals surface area (Å²) in [6, 6.07) is 6.31. The number of rotatable bonds is 5. The number of oxazole rings is 1. The molecule has 2 amide bonds. The van der Waals surface area contributed by atoms with Crippen LogP contribution in [0.2, 0.25) is 0 Å². The van der Waals surface area contributed by atoms with Crippen LogP contribution >= 0.6 is 0 Å². The van der Waals surface area contributed by atoms with Crippen LogP contribution in [0.4, 0.5) is 0 Å². The average Bonchev–Trinajstić information content (AvgIpc) is 3.26. The Morgan fingerprint density at radius 2 is 2.00 bits per heavy atom. The van der Waals surface area contributed by atoms with Gasteiger partial charge in [-0.2, -0.15) is 9.50 Å². The lowest BCUT2D eigenvalue weighted by Crippen LogP contribution is -2.25. The molecule has 0 atom stereocenters. The molecule has 146 valence electrons. The molecule has 0 radical (unpaired) electrons. The molecule has 4 N–H and O–H groups in total. The quantitative estimate of drug-likeness (QED) is 0.428. The molecule has 1 aromatic carbocycles. The van der Waals surface area contributed by atoms with Gasteiger partial charge in [-0.1, -0.05) is 6.07 Å². The van der Waals surface area contributed by atoms with Crippen molar-refractivity contribution in [1.29, 1.82) is 0 Å². The SMILES string of the molecule is Cc1nc2cc(CNC(=O)c3cc(C(=O)O)n4nc(C(N)=O)nc4n3)ccc2o1. The van der Waals surface area contributed by atoms with E-state index in [1.165, 1.54) is 0 Å². The molecule has 0 aliphatic heterocycles. The van der Waals surface area contributed by atoms with Gasteiger partial charge in [-0.05, 0) is 17.7 Å². The van der Waals surface area contributed by atoms with Crippen molar-refractivity contribution in [2.75, 3.05) is 0 Å². The van der Waals surface area contributed by atoms with Crippen LogP contribution in [0.3, 0.4) is 0 Å². The Kier molecular flexibility index (Phi) is 4.15. The van der Waals surface area contributed by atoms with Gasteiger partial charge in [-0.25, -0.2) is 14.8 Å². The molecular weight excluding hydrogens is 382 g/mol. The number of carbonyl (C=O) groups excluding carboxylic acids is 2. The molecule has 0 bridgehead atoms. The smallest absolute Gasteiger partial charge is 0.354 e. The summed E-state index contributed by atoms with van der Waals surface area (Å²) in [5.41, 5.74) is 6.57. The van der Waals surface area contributed by atoms with E-state index in [4.69, 9.17) is 10.2 Å². The van der Waals surface area contributed by atoms with Crippen molar-refractivity contribution >= 4 is 34.7 Å². The number of aromatic nitrogens is 5. The van der Waals surface area contributed by atoms with Gasteiger partial charge in [-0.15, -0.1) is 5.10 Å². The van der Waals surface area contributed by atoms with E-state index in [0.717, 1.165) is 16.1 Å². The van der Waals surface area contributed by atoms with E-state index in [1.54, 1.807) is 25.1 Å². The maximum atomic E-state index is 12.5. The number of carboxylic acids is 1. The molecule has 3 aromatic heterocycles. The van der Waals surface area contributed by atoms with Gasteiger partial charge in [0.05, 0.1) is 0 Å². The number of carbonyl (C=O) groups is 3. The third kappa shape index (κ3) is 3.34. The van der Waals surface area contributed by atoms with E-state index in [2.05, 4.69) is 25.4 Å². The first-order valence-electron chi connectivity index (χ1n) is 8.27. The highest BCUT2D eigenvalue weighted by Gasteiger charge is 2.20. The average molecular weight is 395 g/mol. The minimum absolute atomic E-state index is 0.148. The Morgan fingerprint density at radius 3 is 2.72 bits per heavy atom. The lowest BCUT2D eigenvalue weighted by atomic mass is 10.2. The predicted molar refractivity (Wildman–Crippen MR) is 96.2 cm³/mol. The van der Waals surface area contributed by atoms with Crippen molar-refractivity contribution in [3.63, 3.8) is 0 Å². The van der Waals surface area contributed by atoms with Gasteiger partial charge in [0.2, 0.25) is 5.82 Å². The zero-order chi connectivity index (χ0) is 20.7. The summed E-state index contributed by atoms with van der Waals surface area (Å²) < 4.78 is 6.23. The molecule has 0 saturated carbocycles. The third-order valence-corrected chi connectivity index (χ3v) is 4.00. The number of nitrogens with one attached hydrogen (secondary N) is 1. The van der Waals surface area contributed by atoms with Crippen LogP contribution in [0, 0.1) is 6.92 Å². The topological polar surface area (TPSA) is 179 Å².